The molecule has 0 saturated heterocycles. The van der Waals surface area contributed by atoms with Gasteiger partial charge in [-0.1, -0.05) is 29.3 Å². The molecule has 7 rings (SSSR count). The zero-order chi connectivity index (χ0) is 38.6. The number of carboxylic acid groups (broad SMARTS) is 2. The van der Waals surface area contributed by atoms with E-state index in [1.807, 2.05) is 0 Å². The van der Waals surface area contributed by atoms with Crippen LogP contribution in [0.4, 0.5) is 22.7 Å². The second kappa shape index (κ2) is 13.4. The molecule has 0 saturated carbocycles. The van der Waals surface area contributed by atoms with Crippen molar-refractivity contribution in [3.05, 3.63) is 152 Å². The first-order chi connectivity index (χ1) is 25.7. The van der Waals surface area contributed by atoms with Crippen LogP contribution in [0, 0.1) is 0 Å². The molecular weight excluding hydrogens is 743 g/mol. The van der Waals surface area contributed by atoms with Gasteiger partial charge < -0.3 is 20.8 Å². The van der Waals surface area contributed by atoms with Crippen molar-refractivity contribution in [2.24, 2.45) is 0 Å². The Morgan fingerprint density at radius 2 is 0.852 bits per heavy atom. The molecule has 2 aliphatic heterocycles. The maximum atomic E-state index is 13.2. The molecule has 0 fully saturated rings. The maximum absolute atomic E-state index is 13.2. The minimum absolute atomic E-state index is 0.0261. The summed E-state index contributed by atoms with van der Waals surface area (Å²) in [5.74, 6) is -6.64. The molecule has 6 amide bonds. The van der Waals surface area contributed by atoms with Crippen LogP contribution in [0.1, 0.15) is 82.9 Å². The normalized spacial score (nSPS) is 13.1. The summed E-state index contributed by atoms with van der Waals surface area (Å²) < 4.78 is 0. The monoisotopic (exact) mass is 762 g/mol. The topological polar surface area (TPSA) is 208 Å². The number of carbonyl (C=O) groups is 8. The molecule has 2 heterocycles. The molecule has 0 bridgehead atoms. The van der Waals surface area contributed by atoms with Crippen molar-refractivity contribution >= 4 is 93.3 Å². The molecule has 0 spiro atoms. The number of amides is 6. The lowest BCUT2D eigenvalue weighted by Gasteiger charge is -2.16. The van der Waals surface area contributed by atoms with E-state index in [-0.39, 0.29) is 77.3 Å². The molecule has 4 N–H and O–H groups in total. The summed E-state index contributed by atoms with van der Waals surface area (Å²) in [4.78, 5) is 103. The number of halogens is 2. The molecular formula is C38H20Cl2N4O10. The van der Waals surface area contributed by atoms with Gasteiger partial charge in [-0.25, -0.2) is 19.4 Å². The summed E-state index contributed by atoms with van der Waals surface area (Å²) in [6.45, 7) is 0. The molecule has 54 heavy (non-hydrogen) atoms. The number of nitrogens with zero attached hydrogens (tertiary/aromatic N) is 2. The molecule has 16 heteroatoms. The van der Waals surface area contributed by atoms with E-state index in [1.165, 1.54) is 84.9 Å². The Balaban J connectivity index is 1.03. The summed E-state index contributed by atoms with van der Waals surface area (Å²) in [5.41, 5.74) is 0.151. The number of hydrogen-bond donors (Lipinski definition) is 4. The van der Waals surface area contributed by atoms with Gasteiger partial charge in [-0.15, -0.1) is 0 Å². The minimum atomic E-state index is -1.26. The third-order valence-electron chi connectivity index (χ3n) is 8.57. The minimum Gasteiger partial charge on any atom is -0.478 e. The summed E-state index contributed by atoms with van der Waals surface area (Å²) in [6, 6.07) is 21.0. The van der Waals surface area contributed by atoms with Gasteiger partial charge in [-0.05, 0) is 91.0 Å². The smallest absolute Gasteiger partial charge is 0.335 e. The van der Waals surface area contributed by atoms with Crippen LogP contribution in [-0.4, -0.2) is 57.6 Å². The van der Waals surface area contributed by atoms with E-state index in [4.69, 9.17) is 23.2 Å². The Labute approximate surface area is 313 Å². The van der Waals surface area contributed by atoms with E-state index in [2.05, 4.69) is 10.6 Å². The van der Waals surface area contributed by atoms with Crippen LogP contribution in [-0.2, 0) is 0 Å². The molecule has 0 atom stereocenters. The van der Waals surface area contributed by atoms with Gasteiger partial charge in [-0.2, -0.15) is 0 Å². The maximum Gasteiger partial charge on any atom is 0.335 e. The fourth-order valence-electron chi connectivity index (χ4n) is 5.90. The number of nitrogens with one attached hydrogen (secondary N) is 2. The van der Waals surface area contributed by atoms with Gasteiger partial charge in [0, 0.05) is 11.1 Å². The number of imide groups is 2. The van der Waals surface area contributed by atoms with Gasteiger partial charge in [0.15, 0.2) is 0 Å². The van der Waals surface area contributed by atoms with E-state index in [9.17, 15) is 48.6 Å². The van der Waals surface area contributed by atoms with E-state index in [0.717, 1.165) is 21.9 Å². The predicted molar refractivity (Wildman–Crippen MR) is 194 cm³/mol. The van der Waals surface area contributed by atoms with Gasteiger partial charge in [0.05, 0.1) is 66.2 Å². The molecule has 2 aliphatic rings. The Kier molecular flexibility index (Phi) is 8.77. The predicted octanol–water partition coefficient (Wildman–Crippen LogP) is 6.50. The van der Waals surface area contributed by atoms with Crippen molar-refractivity contribution in [3.8, 4) is 0 Å². The number of fused-ring (bicyclic) bond motifs is 2. The molecule has 14 nitrogen and oxygen atoms in total. The highest BCUT2D eigenvalue weighted by Crippen LogP contribution is 2.35. The number of aromatic carboxylic acids is 2. The second-order valence-corrected chi connectivity index (χ2v) is 12.7. The van der Waals surface area contributed by atoms with Gasteiger partial charge in [0.2, 0.25) is 0 Å². The summed E-state index contributed by atoms with van der Waals surface area (Å²) >= 11 is 12.9. The lowest BCUT2D eigenvalue weighted by atomic mass is 10.1. The fraction of sp³-hybridized carbons (Fsp3) is 0. The highest BCUT2D eigenvalue weighted by atomic mass is 35.5. The molecule has 0 unspecified atom stereocenters. The lowest BCUT2D eigenvalue weighted by Crippen LogP contribution is -2.29. The Morgan fingerprint density at radius 3 is 1.22 bits per heavy atom. The van der Waals surface area contributed by atoms with Crippen LogP contribution in [0.15, 0.2) is 97.1 Å². The quantitative estimate of drug-likeness (QED) is 0.126. The van der Waals surface area contributed by atoms with Crippen molar-refractivity contribution in [2.45, 2.75) is 0 Å². The average Bonchev–Trinajstić information content (AvgIpc) is 3.56. The molecule has 5 aromatic carbocycles. The summed E-state index contributed by atoms with van der Waals surface area (Å²) in [7, 11) is 0. The van der Waals surface area contributed by atoms with Crippen molar-refractivity contribution in [1.82, 2.24) is 0 Å². The molecule has 0 aliphatic carbocycles. The van der Waals surface area contributed by atoms with Crippen LogP contribution in [0.5, 0.6) is 0 Å². The van der Waals surface area contributed by atoms with Crippen molar-refractivity contribution in [1.29, 1.82) is 0 Å². The number of carboxylic acids is 2. The van der Waals surface area contributed by atoms with Crippen LogP contribution in [0.3, 0.4) is 0 Å². The van der Waals surface area contributed by atoms with Crippen molar-refractivity contribution in [2.75, 3.05) is 20.4 Å². The number of benzene rings is 5. The zero-order valence-corrected chi connectivity index (χ0v) is 28.6. The Bertz CT molecular complexity index is 2420. The van der Waals surface area contributed by atoms with Crippen molar-refractivity contribution < 1.29 is 48.6 Å². The number of carbonyl (C=O) groups excluding carboxylic acids is 6. The highest BCUT2D eigenvalue weighted by molar-refractivity contribution is 6.38. The van der Waals surface area contributed by atoms with Crippen LogP contribution >= 0.6 is 23.2 Å². The van der Waals surface area contributed by atoms with Crippen LogP contribution in [0.2, 0.25) is 10.0 Å². The highest BCUT2D eigenvalue weighted by Gasteiger charge is 2.39. The molecule has 5 aromatic rings. The summed E-state index contributed by atoms with van der Waals surface area (Å²) in [5, 5.41) is 23.7. The fourth-order valence-corrected chi connectivity index (χ4v) is 6.34. The first kappa shape index (κ1) is 35.3. The van der Waals surface area contributed by atoms with Gasteiger partial charge >= 0.3 is 11.9 Å². The van der Waals surface area contributed by atoms with E-state index in [0.29, 0.717) is 0 Å². The largest absolute Gasteiger partial charge is 0.478 e. The lowest BCUT2D eigenvalue weighted by molar-refractivity contribution is 0.0686. The number of hydrogen-bond acceptors (Lipinski definition) is 8. The number of rotatable bonds is 8. The van der Waals surface area contributed by atoms with Crippen LogP contribution in [0.25, 0.3) is 0 Å². The third-order valence-corrected chi connectivity index (χ3v) is 9.20. The molecule has 0 radical (unpaired) electrons. The van der Waals surface area contributed by atoms with Gasteiger partial charge in [0.1, 0.15) is 0 Å². The first-order valence-corrected chi connectivity index (χ1v) is 16.3. The van der Waals surface area contributed by atoms with Crippen LogP contribution < -0.4 is 20.4 Å². The third kappa shape index (κ3) is 6.10. The average molecular weight is 764 g/mol. The number of anilines is 4. The SMILES string of the molecule is O=C(O)c1ccc2c(c1)C(=O)N(c1ccc(NC(=O)c3cccc(C(=O)Nc4ccc(N5C(=O)c6ccc(C(=O)O)cc6C5=O)cc4Cl)c3)c(Cl)c1)C2=O. The summed E-state index contributed by atoms with van der Waals surface area (Å²) in [6.07, 6.45) is 0. The van der Waals surface area contributed by atoms with E-state index in [1.54, 1.807) is 0 Å². The molecule has 266 valence electrons. The standard InChI is InChI=1S/C38H20Cl2N4O10/c39-27-15-21(43-33(47)23-8-4-19(37(51)52)13-25(23)35(43)49)6-10-29(27)41-31(45)17-2-1-3-18(12-17)32(46)42-30-11-7-22(16-28(30)40)44-34(48)24-9-5-20(38(53)54)14-26(24)36(44)50/h1-16H,(H,41,45)(H,42,46)(H,51,52)(H,53,54). The van der Waals surface area contributed by atoms with Crippen molar-refractivity contribution in [3.63, 3.8) is 0 Å². The zero-order valence-electron chi connectivity index (χ0n) is 27.0. The first-order valence-electron chi connectivity index (χ1n) is 15.6. The Hall–Kier alpha value is -7.16. The van der Waals surface area contributed by atoms with Gasteiger partial charge in [-0.3, -0.25) is 28.8 Å². The van der Waals surface area contributed by atoms with Gasteiger partial charge in [0.25, 0.3) is 35.4 Å². The van der Waals surface area contributed by atoms with E-state index >= 15 is 0 Å². The van der Waals surface area contributed by atoms with E-state index < -0.39 is 47.4 Å². The Morgan fingerprint density at radius 1 is 0.463 bits per heavy atom. The molecule has 0 aromatic heterocycles. The second-order valence-electron chi connectivity index (χ2n) is 11.8.